The summed E-state index contributed by atoms with van der Waals surface area (Å²) < 4.78 is 10.9. The zero-order valence-electron chi connectivity index (χ0n) is 13.5. The number of ether oxygens (including phenoxy) is 2. The molecule has 2 aromatic rings. The average molecular weight is 326 g/mol. The molecule has 1 aromatic heterocycles. The number of hydrogen-bond donors (Lipinski definition) is 2. The van der Waals surface area contributed by atoms with Crippen molar-refractivity contribution in [1.82, 2.24) is 15.0 Å². The number of allylic oxidation sites excluding steroid dienone is 1. The minimum absolute atomic E-state index is 0.0421. The number of nitriles is 1. The highest BCUT2D eigenvalue weighted by atomic mass is 16.5. The molecular formula is C16H18N6O2. The van der Waals surface area contributed by atoms with E-state index in [0.717, 1.165) is 12.0 Å². The van der Waals surface area contributed by atoms with E-state index in [1.165, 1.54) is 0 Å². The molecule has 0 unspecified atom stereocenters. The van der Waals surface area contributed by atoms with Gasteiger partial charge in [-0.25, -0.2) is 0 Å². The number of benzene rings is 1. The van der Waals surface area contributed by atoms with E-state index in [4.69, 9.17) is 20.9 Å². The zero-order valence-corrected chi connectivity index (χ0v) is 13.5. The van der Waals surface area contributed by atoms with Crippen molar-refractivity contribution < 1.29 is 9.47 Å². The Balaban J connectivity index is 2.39. The van der Waals surface area contributed by atoms with Gasteiger partial charge in [-0.2, -0.15) is 20.2 Å². The first-order valence-electron chi connectivity index (χ1n) is 7.27. The van der Waals surface area contributed by atoms with Crippen molar-refractivity contribution in [2.45, 2.75) is 13.3 Å². The number of aromatic nitrogens is 3. The van der Waals surface area contributed by atoms with Crippen molar-refractivity contribution in [1.29, 1.82) is 5.26 Å². The summed E-state index contributed by atoms with van der Waals surface area (Å²) in [6.45, 7) is 2.62. The molecule has 8 nitrogen and oxygen atoms in total. The van der Waals surface area contributed by atoms with Crippen LogP contribution in [-0.2, 0) is 0 Å². The number of nitrogens with two attached hydrogens (primary N) is 2. The van der Waals surface area contributed by atoms with Crippen LogP contribution in [0.2, 0.25) is 0 Å². The third-order valence-electron chi connectivity index (χ3n) is 2.99. The minimum Gasteiger partial charge on any atom is -0.493 e. The van der Waals surface area contributed by atoms with Gasteiger partial charge in [0.2, 0.25) is 11.9 Å². The highest BCUT2D eigenvalue weighted by molar-refractivity contribution is 5.87. The van der Waals surface area contributed by atoms with E-state index in [1.54, 1.807) is 31.4 Å². The van der Waals surface area contributed by atoms with Crippen molar-refractivity contribution in [2.24, 2.45) is 0 Å². The lowest BCUT2D eigenvalue weighted by Crippen LogP contribution is -2.06. The third kappa shape index (κ3) is 4.10. The first-order chi connectivity index (χ1) is 11.6. The first-order valence-corrected chi connectivity index (χ1v) is 7.27. The molecule has 0 spiro atoms. The van der Waals surface area contributed by atoms with E-state index in [1.807, 2.05) is 13.0 Å². The standard InChI is InChI=1S/C16H18N6O2/c1-3-6-24-12-5-4-10(8-13(12)23-2)7-11(9-17)14-20-15(18)22-16(19)21-14/h4-5,7-8H,3,6H2,1-2H3,(H4,18,19,20,21,22). The van der Waals surface area contributed by atoms with E-state index in [2.05, 4.69) is 15.0 Å². The lowest BCUT2D eigenvalue weighted by atomic mass is 10.1. The van der Waals surface area contributed by atoms with E-state index < -0.39 is 0 Å². The fourth-order valence-corrected chi connectivity index (χ4v) is 1.95. The fraction of sp³-hybridized carbons (Fsp3) is 0.250. The van der Waals surface area contributed by atoms with Crippen molar-refractivity contribution in [3.63, 3.8) is 0 Å². The third-order valence-corrected chi connectivity index (χ3v) is 2.99. The molecule has 0 radical (unpaired) electrons. The predicted octanol–water partition coefficient (Wildman–Crippen LogP) is 1.90. The smallest absolute Gasteiger partial charge is 0.225 e. The van der Waals surface area contributed by atoms with Gasteiger partial charge in [0.15, 0.2) is 17.3 Å². The number of rotatable bonds is 6. The van der Waals surface area contributed by atoms with E-state index in [9.17, 15) is 5.26 Å². The lowest BCUT2D eigenvalue weighted by Gasteiger charge is -2.10. The zero-order chi connectivity index (χ0) is 17.5. The Morgan fingerprint density at radius 1 is 1.21 bits per heavy atom. The predicted molar refractivity (Wildman–Crippen MR) is 90.9 cm³/mol. The maximum absolute atomic E-state index is 9.36. The molecule has 124 valence electrons. The molecule has 0 aliphatic carbocycles. The molecule has 8 heteroatoms. The van der Waals surface area contributed by atoms with Crippen LogP contribution in [0.4, 0.5) is 11.9 Å². The second-order valence-corrected chi connectivity index (χ2v) is 4.80. The Morgan fingerprint density at radius 3 is 2.50 bits per heavy atom. The molecule has 0 atom stereocenters. The summed E-state index contributed by atoms with van der Waals surface area (Å²) in [6.07, 6.45) is 2.51. The number of nitrogen functional groups attached to an aromatic ring is 2. The van der Waals surface area contributed by atoms with Gasteiger partial charge in [-0.3, -0.25) is 0 Å². The molecule has 1 aromatic carbocycles. The highest BCUT2D eigenvalue weighted by Gasteiger charge is 2.10. The molecule has 0 saturated carbocycles. The molecule has 0 saturated heterocycles. The normalized spacial score (nSPS) is 11.0. The van der Waals surface area contributed by atoms with Gasteiger partial charge in [0.25, 0.3) is 0 Å². The van der Waals surface area contributed by atoms with Crippen molar-refractivity contribution in [3.8, 4) is 17.6 Å². The topological polar surface area (TPSA) is 133 Å². The first kappa shape index (κ1) is 17.0. The molecule has 2 rings (SSSR count). The van der Waals surface area contributed by atoms with Crippen LogP contribution in [-0.4, -0.2) is 28.7 Å². The largest absolute Gasteiger partial charge is 0.493 e. The van der Waals surface area contributed by atoms with Gasteiger partial charge in [0, 0.05) is 0 Å². The van der Waals surface area contributed by atoms with Crippen LogP contribution in [0.15, 0.2) is 18.2 Å². The summed E-state index contributed by atoms with van der Waals surface area (Å²) >= 11 is 0. The highest BCUT2D eigenvalue weighted by Crippen LogP contribution is 2.29. The van der Waals surface area contributed by atoms with E-state index >= 15 is 0 Å². The van der Waals surface area contributed by atoms with Crippen LogP contribution < -0.4 is 20.9 Å². The lowest BCUT2D eigenvalue weighted by molar-refractivity contribution is 0.294. The van der Waals surface area contributed by atoms with Gasteiger partial charge in [0.1, 0.15) is 6.07 Å². The van der Waals surface area contributed by atoms with Crippen molar-refractivity contribution in [3.05, 3.63) is 29.6 Å². The number of anilines is 2. The van der Waals surface area contributed by atoms with Gasteiger partial charge in [-0.1, -0.05) is 13.0 Å². The molecule has 1 heterocycles. The summed E-state index contributed by atoms with van der Waals surface area (Å²) in [4.78, 5) is 11.5. The van der Waals surface area contributed by atoms with E-state index in [0.29, 0.717) is 18.1 Å². The Bertz CT molecular complexity index is 777. The fourth-order valence-electron chi connectivity index (χ4n) is 1.95. The Hall–Kier alpha value is -3.34. The molecule has 24 heavy (non-hydrogen) atoms. The number of nitrogens with zero attached hydrogens (tertiary/aromatic N) is 4. The molecule has 0 aliphatic rings. The summed E-state index contributed by atoms with van der Waals surface area (Å²) in [5.74, 6) is 1.25. The molecule has 0 amide bonds. The summed E-state index contributed by atoms with van der Waals surface area (Å²) in [5.41, 5.74) is 12.0. The van der Waals surface area contributed by atoms with Gasteiger partial charge < -0.3 is 20.9 Å². The monoisotopic (exact) mass is 326 g/mol. The number of hydrogen-bond acceptors (Lipinski definition) is 8. The van der Waals surface area contributed by atoms with Gasteiger partial charge in [-0.15, -0.1) is 0 Å². The van der Waals surface area contributed by atoms with E-state index in [-0.39, 0.29) is 23.3 Å². The SMILES string of the molecule is CCCOc1ccc(C=C(C#N)c2nc(N)nc(N)n2)cc1OC. The van der Waals surface area contributed by atoms with Gasteiger partial charge >= 0.3 is 0 Å². The maximum atomic E-state index is 9.36. The van der Waals surface area contributed by atoms with Crippen LogP contribution in [0, 0.1) is 11.3 Å². The summed E-state index contributed by atoms with van der Waals surface area (Å²) in [6, 6.07) is 7.38. The summed E-state index contributed by atoms with van der Waals surface area (Å²) in [5, 5.41) is 9.36. The molecular weight excluding hydrogens is 308 g/mol. The van der Waals surface area contributed by atoms with Gasteiger partial charge in [-0.05, 0) is 30.2 Å². The van der Waals surface area contributed by atoms with Crippen LogP contribution in [0.25, 0.3) is 11.6 Å². The molecule has 0 fully saturated rings. The van der Waals surface area contributed by atoms with Crippen LogP contribution in [0.3, 0.4) is 0 Å². The average Bonchev–Trinajstić information content (AvgIpc) is 2.57. The molecule has 0 aliphatic heterocycles. The quantitative estimate of drug-likeness (QED) is 0.769. The Labute approximate surface area is 139 Å². The van der Waals surface area contributed by atoms with Crippen molar-refractivity contribution >= 4 is 23.5 Å². The molecule has 0 bridgehead atoms. The van der Waals surface area contributed by atoms with Crippen LogP contribution >= 0.6 is 0 Å². The summed E-state index contributed by atoms with van der Waals surface area (Å²) in [7, 11) is 1.56. The van der Waals surface area contributed by atoms with Crippen LogP contribution in [0.1, 0.15) is 24.7 Å². The Kier molecular flexibility index (Phi) is 5.52. The number of methoxy groups -OCH3 is 1. The minimum atomic E-state index is -0.0421. The second-order valence-electron chi connectivity index (χ2n) is 4.80. The molecule has 4 N–H and O–H groups in total. The second kappa shape index (κ2) is 7.78. The van der Waals surface area contributed by atoms with Gasteiger partial charge in [0.05, 0.1) is 19.3 Å². The Morgan fingerprint density at radius 2 is 1.92 bits per heavy atom. The maximum Gasteiger partial charge on any atom is 0.225 e. The van der Waals surface area contributed by atoms with Crippen LogP contribution in [0.5, 0.6) is 11.5 Å². The van der Waals surface area contributed by atoms with Crippen molar-refractivity contribution in [2.75, 3.05) is 25.2 Å².